The zero-order chi connectivity index (χ0) is 13.4. The molecule has 100 valence electrons. The van der Waals surface area contributed by atoms with Crippen LogP contribution in [-0.4, -0.2) is 25.8 Å². The van der Waals surface area contributed by atoms with Gasteiger partial charge in [-0.2, -0.15) is 0 Å². The highest BCUT2D eigenvalue weighted by Crippen LogP contribution is 2.27. The van der Waals surface area contributed by atoms with E-state index >= 15 is 0 Å². The molecule has 0 spiro atoms. The number of hydrogen-bond donors (Lipinski definition) is 1. The van der Waals surface area contributed by atoms with E-state index < -0.39 is 10.0 Å². The van der Waals surface area contributed by atoms with Crippen molar-refractivity contribution < 1.29 is 8.42 Å². The second-order valence-electron chi connectivity index (χ2n) is 3.56. The van der Waals surface area contributed by atoms with Crippen molar-refractivity contribution in [1.29, 1.82) is 0 Å². The Hall–Kier alpha value is -0.650. The molecule has 1 rings (SSSR count). The van der Waals surface area contributed by atoms with Crippen LogP contribution in [0.2, 0.25) is 0 Å². The molecule has 0 aliphatic carbocycles. The van der Waals surface area contributed by atoms with E-state index in [4.69, 9.17) is 11.6 Å². The van der Waals surface area contributed by atoms with E-state index in [9.17, 15) is 8.42 Å². The average Bonchev–Trinajstić information content (AvgIpc) is 2.35. The van der Waals surface area contributed by atoms with Gasteiger partial charge in [-0.3, -0.25) is 4.72 Å². The lowest BCUT2D eigenvalue weighted by atomic mass is 10.3. The quantitative estimate of drug-likeness (QED) is 0.455. The van der Waals surface area contributed by atoms with E-state index in [0.29, 0.717) is 18.0 Å². The summed E-state index contributed by atoms with van der Waals surface area (Å²) >= 11 is 7.04. The van der Waals surface area contributed by atoms with Crippen LogP contribution < -0.4 is 4.72 Å². The van der Waals surface area contributed by atoms with Crippen molar-refractivity contribution in [3.8, 4) is 0 Å². The minimum Gasteiger partial charge on any atom is -0.282 e. The molecular formula is C12H16ClNO2S2. The molecule has 0 amide bonds. The molecule has 0 atom stereocenters. The normalized spacial score (nSPS) is 11.2. The van der Waals surface area contributed by atoms with E-state index in [-0.39, 0.29) is 5.75 Å². The molecule has 0 saturated carbocycles. The van der Waals surface area contributed by atoms with Crippen LogP contribution in [0.4, 0.5) is 5.69 Å². The summed E-state index contributed by atoms with van der Waals surface area (Å²) in [7, 11) is -3.32. The third kappa shape index (κ3) is 5.33. The largest absolute Gasteiger partial charge is 0.282 e. The van der Waals surface area contributed by atoms with Gasteiger partial charge in [0, 0.05) is 16.5 Å². The SMILES string of the molecule is C=CCSc1ccccc1NS(=O)(=O)CCCCl. The average molecular weight is 306 g/mol. The van der Waals surface area contributed by atoms with Crippen molar-refractivity contribution in [2.75, 3.05) is 22.1 Å². The van der Waals surface area contributed by atoms with Gasteiger partial charge in [0.15, 0.2) is 0 Å². The van der Waals surface area contributed by atoms with Crippen LogP contribution in [-0.2, 0) is 10.0 Å². The van der Waals surface area contributed by atoms with Crippen molar-refractivity contribution in [1.82, 2.24) is 0 Å². The smallest absolute Gasteiger partial charge is 0.232 e. The molecule has 6 heteroatoms. The molecule has 18 heavy (non-hydrogen) atoms. The molecule has 0 aliphatic rings. The van der Waals surface area contributed by atoms with Crippen molar-refractivity contribution in [2.24, 2.45) is 0 Å². The molecule has 1 aromatic rings. The Morgan fingerprint density at radius 2 is 2.11 bits per heavy atom. The maximum atomic E-state index is 11.8. The van der Waals surface area contributed by atoms with Gasteiger partial charge in [-0.25, -0.2) is 8.42 Å². The predicted molar refractivity (Wildman–Crippen MR) is 80.1 cm³/mol. The molecular weight excluding hydrogens is 290 g/mol. The maximum absolute atomic E-state index is 11.8. The predicted octanol–water partition coefficient (Wildman–Crippen LogP) is 3.34. The Bertz CT molecular complexity index is 489. The van der Waals surface area contributed by atoms with E-state index in [0.717, 1.165) is 10.6 Å². The Balaban J connectivity index is 2.79. The number of anilines is 1. The Morgan fingerprint density at radius 3 is 2.78 bits per heavy atom. The molecule has 0 unspecified atom stereocenters. The fourth-order valence-electron chi connectivity index (χ4n) is 1.29. The summed E-state index contributed by atoms with van der Waals surface area (Å²) in [5.41, 5.74) is 0.610. The van der Waals surface area contributed by atoms with Gasteiger partial charge in [-0.05, 0) is 18.6 Å². The number of halogens is 1. The Labute approximate surface area is 118 Å². The highest BCUT2D eigenvalue weighted by Gasteiger charge is 2.12. The number of nitrogens with one attached hydrogen (secondary N) is 1. The minimum absolute atomic E-state index is 0.0387. The first-order chi connectivity index (χ1) is 8.59. The van der Waals surface area contributed by atoms with Crippen molar-refractivity contribution in [2.45, 2.75) is 11.3 Å². The lowest BCUT2D eigenvalue weighted by molar-refractivity contribution is 0.600. The number of thioether (sulfide) groups is 1. The number of sulfonamides is 1. The van der Waals surface area contributed by atoms with Crippen LogP contribution in [0.1, 0.15) is 6.42 Å². The highest BCUT2D eigenvalue weighted by molar-refractivity contribution is 7.99. The van der Waals surface area contributed by atoms with Crippen molar-refractivity contribution >= 4 is 39.1 Å². The van der Waals surface area contributed by atoms with Crippen LogP contribution in [0.15, 0.2) is 41.8 Å². The van der Waals surface area contributed by atoms with Gasteiger partial charge in [-0.1, -0.05) is 18.2 Å². The summed E-state index contributed by atoms with van der Waals surface area (Å²) in [6.45, 7) is 3.65. The second kappa shape index (κ2) is 7.71. The molecule has 0 aromatic heterocycles. The summed E-state index contributed by atoms with van der Waals surface area (Å²) in [4.78, 5) is 0.895. The number of rotatable bonds is 8. The fourth-order valence-corrected chi connectivity index (χ4v) is 3.53. The van der Waals surface area contributed by atoms with Crippen molar-refractivity contribution in [3.05, 3.63) is 36.9 Å². The van der Waals surface area contributed by atoms with E-state index in [2.05, 4.69) is 11.3 Å². The lowest BCUT2D eigenvalue weighted by Crippen LogP contribution is -2.17. The van der Waals surface area contributed by atoms with Crippen molar-refractivity contribution in [3.63, 3.8) is 0 Å². The summed E-state index contributed by atoms with van der Waals surface area (Å²) in [6.07, 6.45) is 2.22. The van der Waals surface area contributed by atoms with E-state index in [1.54, 1.807) is 30.0 Å². The molecule has 0 heterocycles. The van der Waals surface area contributed by atoms with Crippen LogP contribution in [0, 0.1) is 0 Å². The first-order valence-corrected chi connectivity index (χ1v) is 8.65. The van der Waals surface area contributed by atoms with Crippen LogP contribution in [0.25, 0.3) is 0 Å². The van der Waals surface area contributed by atoms with Gasteiger partial charge in [0.05, 0.1) is 11.4 Å². The van der Waals surface area contributed by atoms with Crippen LogP contribution >= 0.6 is 23.4 Å². The van der Waals surface area contributed by atoms with Gasteiger partial charge in [0.1, 0.15) is 0 Å². The van der Waals surface area contributed by atoms with E-state index in [1.807, 2.05) is 12.1 Å². The number of alkyl halides is 1. The first kappa shape index (κ1) is 15.4. The van der Waals surface area contributed by atoms with Gasteiger partial charge >= 0.3 is 0 Å². The molecule has 0 saturated heterocycles. The second-order valence-corrected chi connectivity index (χ2v) is 6.84. The molecule has 0 fully saturated rings. The summed E-state index contributed by atoms with van der Waals surface area (Å²) in [6, 6.07) is 7.32. The van der Waals surface area contributed by atoms with Crippen LogP contribution in [0.3, 0.4) is 0 Å². The third-order valence-electron chi connectivity index (χ3n) is 2.06. The zero-order valence-corrected chi connectivity index (χ0v) is 12.3. The summed E-state index contributed by atoms with van der Waals surface area (Å²) in [5.74, 6) is 1.12. The fraction of sp³-hybridized carbons (Fsp3) is 0.333. The molecule has 0 aliphatic heterocycles. The number of benzene rings is 1. The lowest BCUT2D eigenvalue weighted by Gasteiger charge is -2.11. The van der Waals surface area contributed by atoms with Gasteiger partial charge in [0.25, 0.3) is 0 Å². The zero-order valence-electron chi connectivity index (χ0n) is 9.93. The first-order valence-electron chi connectivity index (χ1n) is 5.48. The molecule has 3 nitrogen and oxygen atoms in total. The van der Waals surface area contributed by atoms with Gasteiger partial charge in [-0.15, -0.1) is 29.9 Å². The number of para-hydroxylation sites is 1. The van der Waals surface area contributed by atoms with Crippen LogP contribution in [0.5, 0.6) is 0 Å². The molecule has 0 radical (unpaired) electrons. The van der Waals surface area contributed by atoms with Gasteiger partial charge < -0.3 is 0 Å². The molecule has 1 N–H and O–H groups in total. The monoisotopic (exact) mass is 305 g/mol. The summed E-state index contributed by atoms with van der Waals surface area (Å²) < 4.78 is 26.2. The molecule has 1 aromatic carbocycles. The third-order valence-corrected chi connectivity index (χ3v) is 4.75. The minimum atomic E-state index is -3.32. The topological polar surface area (TPSA) is 46.2 Å². The maximum Gasteiger partial charge on any atom is 0.232 e. The Kier molecular flexibility index (Phi) is 6.60. The number of hydrogen-bond acceptors (Lipinski definition) is 3. The summed E-state index contributed by atoms with van der Waals surface area (Å²) in [5, 5.41) is 0. The molecule has 0 bridgehead atoms. The van der Waals surface area contributed by atoms with Gasteiger partial charge in [0.2, 0.25) is 10.0 Å². The standard InChI is InChI=1S/C12H16ClNO2S2/c1-2-9-17-12-7-4-3-6-11(12)14-18(15,16)10-5-8-13/h2-4,6-7,14H,1,5,8-10H2. The van der Waals surface area contributed by atoms with E-state index in [1.165, 1.54) is 0 Å². The Morgan fingerprint density at radius 1 is 1.39 bits per heavy atom. The highest BCUT2D eigenvalue weighted by atomic mass is 35.5.